The number of phenolic OH excluding ortho intramolecular Hbond substituents is 1. The van der Waals surface area contributed by atoms with E-state index in [2.05, 4.69) is 16.0 Å². The Morgan fingerprint density at radius 2 is 1.19 bits per heavy atom. The number of carbonyl (C=O) groups excluding carboxylic acids is 7. The van der Waals surface area contributed by atoms with Crippen molar-refractivity contribution in [2.24, 2.45) is 0 Å². The number of methoxy groups -OCH3 is 1. The number of amides is 5. The van der Waals surface area contributed by atoms with Gasteiger partial charge < -0.3 is 73.2 Å². The van der Waals surface area contributed by atoms with Gasteiger partial charge in [-0.3, -0.25) is 43.3 Å². The van der Waals surface area contributed by atoms with E-state index in [1.165, 1.54) is 60.7 Å². The normalized spacial score (nSPS) is 12.4. The van der Waals surface area contributed by atoms with Gasteiger partial charge in [-0.2, -0.15) is 0 Å². The number of ketones is 2. The molecule has 5 amide bonds. The number of nitrogens with one attached hydrogen (secondary N) is 3. The van der Waals surface area contributed by atoms with Crippen molar-refractivity contribution < 1.29 is 95.6 Å². The Kier molecular flexibility index (Phi) is 29.8. The molecule has 0 aromatic heterocycles. The lowest BCUT2D eigenvalue weighted by Gasteiger charge is -2.18. The number of benzene rings is 4. The van der Waals surface area contributed by atoms with Gasteiger partial charge >= 0.3 is 5.97 Å². The Morgan fingerprint density at radius 1 is 0.580 bits per heavy atom. The quantitative estimate of drug-likeness (QED) is 0.0159. The third-order valence-electron chi connectivity index (χ3n) is 13.4. The second kappa shape index (κ2) is 38.1. The van der Waals surface area contributed by atoms with Gasteiger partial charge in [0.15, 0.2) is 23.6 Å². The largest absolute Gasteiger partial charge is 0.508 e. The first-order valence-corrected chi connectivity index (χ1v) is 28.9. The number of aromatic hydroxyl groups is 1. The molecule has 3 aromatic rings. The second-order valence-electron chi connectivity index (χ2n) is 19.9. The molecule has 3 aromatic carbocycles. The van der Waals surface area contributed by atoms with Crippen LogP contribution < -0.4 is 26.1 Å². The van der Waals surface area contributed by atoms with Crippen LogP contribution >= 0.6 is 0 Å². The van der Waals surface area contributed by atoms with Crippen molar-refractivity contribution in [1.29, 1.82) is 0 Å². The highest BCUT2D eigenvalue weighted by atomic mass is 16.6. The fourth-order valence-electron chi connectivity index (χ4n) is 8.90. The number of hydrogen-bond acceptors (Lipinski definition) is 20. The number of nitrogens with zero attached hydrogens (tertiary/aromatic N) is 1. The van der Waals surface area contributed by atoms with Crippen molar-refractivity contribution in [3.05, 3.63) is 118 Å². The molecule has 0 unspecified atom stereocenters. The topological polar surface area (TPSA) is 330 Å². The molecule has 0 radical (unpaired) electrons. The van der Waals surface area contributed by atoms with E-state index in [0.29, 0.717) is 101 Å². The number of rotatable bonds is 45. The van der Waals surface area contributed by atoms with Crippen LogP contribution in [-0.4, -0.2) is 201 Å². The average molecular weight is 1230 g/mol. The fourth-order valence-corrected chi connectivity index (χ4v) is 8.90. The van der Waals surface area contributed by atoms with Crippen LogP contribution in [0.25, 0.3) is 33.4 Å². The summed E-state index contributed by atoms with van der Waals surface area (Å²) in [6.07, 6.45) is 3.31. The Hall–Kier alpha value is -8.27. The summed E-state index contributed by atoms with van der Waals surface area (Å²) in [5.74, 6) is -3.34. The van der Waals surface area contributed by atoms with Gasteiger partial charge in [0.1, 0.15) is 22.8 Å². The number of carboxylic acids is 1. The molecule has 2 aliphatic heterocycles. The summed E-state index contributed by atoms with van der Waals surface area (Å²) in [4.78, 5) is 114. The molecular weight excluding hydrogens is 1150 g/mol. The number of ether oxygens (including phenoxy) is 9. The van der Waals surface area contributed by atoms with Gasteiger partial charge in [-0.15, -0.1) is 0 Å². The number of imide groups is 1. The molecule has 0 spiro atoms. The van der Waals surface area contributed by atoms with E-state index >= 15 is 0 Å². The molecular formula is C63H76N4O21. The van der Waals surface area contributed by atoms with Crippen molar-refractivity contribution in [1.82, 2.24) is 20.9 Å². The summed E-state index contributed by atoms with van der Waals surface area (Å²) in [7, 11) is 1.60. The number of hydrogen-bond donors (Lipinski definition) is 5. The summed E-state index contributed by atoms with van der Waals surface area (Å²) in [5, 5.41) is 29.2. The van der Waals surface area contributed by atoms with Gasteiger partial charge in [-0.1, -0.05) is 24.3 Å². The summed E-state index contributed by atoms with van der Waals surface area (Å²) in [6.45, 7) is 4.94. The van der Waals surface area contributed by atoms with E-state index in [1.54, 1.807) is 37.4 Å². The molecule has 88 heavy (non-hydrogen) atoms. The average Bonchev–Trinajstić information content (AvgIpc) is 1.11. The molecule has 1 atom stereocenters. The maximum Gasteiger partial charge on any atom is 0.336 e. The van der Waals surface area contributed by atoms with Crippen LogP contribution in [0.2, 0.25) is 0 Å². The standard InChI is InChI=1S/C63H76N4O21/c1-79-26-27-83-34-35-84-31-28-80-23-3-5-54(71)52(66-58(73)19-24-81-29-32-85-36-37-86-33-30-82-25-21-65-57(72)18-22-67-60(75)16-17-61(67)76)38-43-6-11-47(12-7-43)87-42-59(74)64-20-2-4-53(70)44-8-13-48(51(39-44)63(77)78)62-49-14-9-45(68)40-55(49)88-56-41-46(69)10-15-50(56)62/h6-17,39-41,52,68H,2-5,18-38,42H2,1H3,(H,64,74)(H,65,72)(H,66,73)(H,77,78)/t52-/m0/s1. The Bertz CT molecular complexity index is 3150. The minimum atomic E-state index is -1.29. The van der Waals surface area contributed by atoms with E-state index in [1.807, 2.05) is 0 Å². The predicted octanol–water partition coefficient (Wildman–Crippen LogP) is 4.09. The van der Waals surface area contributed by atoms with E-state index in [9.17, 15) is 53.4 Å². The number of phenols is 1. The van der Waals surface area contributed by atoms with Gasteiger partial charge in [0, 0.05) is 105 Å². The zero-order valence-corrected chi connectivity index (χ0v) is 49.2. The molecule has 3 aliphatic rings. The van der Waals surface area contributed by atoms with Crippen molar-refractivity contribution in [2.75, 3.05) is 132 Å². The smallest absolute Gasteiger partial charge is 0.336 e. The third kappa shape index (κ3) is 23.8. The summed E-state index contributed by atoms with van der Waals surface area (Å²) < 4.78 is 55.1. The number of aromatic carboxylic acids is 1. The zero-order valence-electron chi connectivity index (χ0n) is 49.2. The van der Waals surface area contributed by atoms with Gasteiger partial charge in [0.05, 0.1) is 104 Å². The first-order valence-electron chi connectivity index (χ1n) is 28.9. The molecule has 474 valence electrons. The van der Waals surface area contributed by atoms with Crippen LogP contribution in [-0.2, 0) is 73.1 Å². The predicted molar refractivity (Wildman–Crippen MR) is 317 cm³/mol. The Labute approximate surface area is 508 Å². The highest BCUT2D eigenvalue weighted by Gasteiger charge is 2.26. The molecule has 0 saturated carbocycles. The lowest BCUT2D eigenvalue weighted by molar-refractivity contribution is -0.137. The molecule has 25 heteroatoms. The van der Waals surface area contributed by atoms with E-state index in [-0.39, 0.29) is 154 Å². The summed E-state index contributed by atoms with van der Waals surface area (Å²) >= 11 is 0. The van der Waals surface area contributed by atoms with E-state index in [4.69, 9.17) is 47.0 Å². The Morgan fingerprint density at radius 3 is 1.85 bits per heavy atom. The zero-order chi connectivity index (χ0) is 62.9. The first kappa shape index (κ1) is 68.8. The third-order valence-corrected chi connectivity index (χ3v) is 13.4. The molecule has 6 rings (SSSR count). The highest BCUT2D eigenvalue weighted by molar-refractivity contribution is 6.13. The minimum absolute atomic E-state index is 0.000954. The molecule has 5 N–H and O–H groups in total. The molecule has 2 heterocycles. The van der Waals surface area contributed by atoms with Crippen molar-refractivity contribution >= 4 is 58.0 Å². The van der Waals surface area contributed by atoms with E-state index in [0.717, 1.165) is 10.5 Å². The van der Waals surface area contributed by atoms with Gasteiger partial charge in [0.2, 0.25) is 11.8 Å². The number of Topliss-reactive ketones (excluding diaryl/α,β-unsaturated/α-hetero) is 2. The lowest BCUT2D eigenvalue weighted by Crippen LogP contribution is -2.42. The van der Waals surface area contributed by atoms with Crippen molar-refractivity contribution in [3.8, 4) is 33.9 Å². The molecule has 25 nitrogen and oxygen atoms in total. The second-order valence-corrected chi connectivity index (χ2v) is 19.9. The van der Waals surface area contributed by atoms with Gasteiger partial charge in [0.25, 0.3) is 17.7 Å². The van der Waals surface area contributed by atoms with Crippen LogP contribution in [0.15, 0.2) is 100 Å². The first-order chi connectivity index (χ1) is 42.7. The SMILES string of the molecule is COCCOCCOCCOCCCC(=O)[C@H](Cc1ccc(OCC(=O)NCCCC(=O)c2ccc(-c3c4ccc(=O)cc-4oc4cc(O)ccc34)c(C(=O)O)c2)cc1)NC(=O)CCOCCOCCOCCOCCNC(=O)CCN1C(=O)C=CC1=O. The van der Waals surface area contributed by atoms with Crippen molar-refractivity contribution in [2.45, 2.75) is 51.0 Å². The fraction of sp³-hybridized carbons (Fsp3) is 0.444. The summed E-state index contributed by atoms with van der Waals surface area (Å²) in [6, 6.07) is 18.8. The van der Waals surface area contributed by atoms with Crippen LogP contribution in [0.3, 0.4) is 0 Å². The van der Waals surface area contributed by atoms with Gasteiger partial charge in [-0.25, -0.2) is 4.79 Å². The van der Waals surface area contributed by atoms with Crippen LogP contribution in [0.5, 0.6) is 11.5 Å². The van der Waals surface area contributed by atoms with E-state index < -0.39 is 29.7 Å². The molecule has 1 aliphatic carbocycles. The monoisotopic (exact) mass is 1220 g/mol. The van der Waals surface area contributed by atoms with Crippen LogP contribution in [0.4, 0.5) is 0 Å². The molecule has 0 bridgehead atoms. The maximum atomic E-state index is 13.6. The van der Waals surface area contributed by atoms with Crippen LogP contribution in [0, 0.1) is 0 Å². The lowest BCUT2D eigenvalue weighted by atomic mass is 9.89. The molecule has 0 saturated heterocycles. The van der Waals surface area contributed by atoms with Crippen LogP contribution in [0.1, 0.15) is 64.8 Å². The minimum Gasteiger partial charge on any atom is -0.508 e. The maximum absolute atomic E-state index is 13.6. The van der Waals surface area contributed by atoms with Gasteiger partial charge in [-0.05, 0) is 72.9 Å². The molecule has 0 fully saturated rings. The summed E-state index contributed by atoms with van der Waals surface area (Å²) in [5.41, 5.74) is 1.81. The Balaban J connectivity index is 0.873. The number of carboxylic acid groups (broad SMARTS) is 1. The number of fused-ring (bicyclic) bond motifs is 2. The highest BCUT2D eigenvalue weighted by Crippen LogP contribution is 2.42. The van der Waals surface area contributed by atoms with Crippen molar-refractivity contribution in [3.63, 3.8) is 0 Å². The number of carbonyl (C=O) groups is 8.